The van der Waals surface area contributed by atoms with Gasteiger partial charge >= 0.3 is 0 Å². The number of aryl methyl sites for hydroxylation is 1. The summed E-state index contributed by atoms with van der Waals surface area (Å²) in [5.74, 6) is 0.687. The molecule has 0 bridgehead atoms. The predicted octanol–water partition coefficient (Wildman–Crippen LogP) is 2.03. The molecule has 0 aliphatic carbocycles. The number of benzene rings is 1. The van der Waals surface area contributed by atoms with E-state index in [4.69, 9.17) is 11.6 Å². The molecule has 0 aliphatic rings. The number of halogens is 1. The van der Waals surface area contributed by atoms with Gasteiger partial charge in [0, 0.05) is 31.1 Å². The van der Waals surface area contributed by atoms with Gasteiger partial charge in [-0.15, -0.1) is 0 Å². The van der Waals surface area contributed by atoms with Crippen molar-refractivity contribution in [3.63, 3.8) is 0 Å². The monoisotopic (exact) mass is 281 g/mol. The first-order chi connectivity index (χ1) is 9.06. The molecule has 0 atom stereocenters. The Hall–Kier alpha value is -2.15. The first-order valence-corrected chi connectivity index (χ1v) is 5.96. The number of nitrogens with zero attached hydrogens (tertiary/aromatic N) is 4. The third-order valence-electron chi connectivity index (χ3n) is 2.47. The summed E-state index contributed by atoms with van der Waals surface area (Å²) in [7, 11) is 1.79. The van der Waals surface area contributed by atoms with Gasteiger partial charge in [-0.1, -0.05) is 11.6 Å². The van der Waals surface area contributed by atoms with Gasteiger partial charge in [0.2, 0.25) is 0 Å². The minimum atomic E-state index is -0.465. The first-order valence-electron chi connectivity index (χ1n) is 5.58. The van der Waals surface area contributed by atoms with Crippen molar-refractivity contribution in [2.45, 2.75) is 6.42 Å². The lowest BCUT2D eigenvalue weighted by Gasteiger charge is -2.05. The van der Waals surface area contributed by atoms with E-state index in [9.17, 15) is 10.1 Å². The van der Waals surface area contributed by atoms with Crippen LogP contribution < -0.4 is 5.32 Å². The molecule has 2 aromatic rings. The van der Waals surface area contributed by atoms with Crippen LogP contribution in [0, 0.1) is 10.1 Å². The van der Waals surface area contributed by atoms with E-state index < -0.39 is 4.92 Å². The number of rotatable bonds is 5. The van der Waals surface area contributed by atoms with E-state index in [1.165, 1.54) is 6.07 Å². The van der Waals surface area contributed by atoms with Crippen LogP contribution in [0.2, 0.25) is 5.02 Å². The van der Waals surface area contributed by atoms with Crippen molar-refractivity contribution >= 4 is 23.0 Å². The van der Waals surface area contributed by atoms with Gasteiger partial charge in [0.05, 0.1) is 4.92 Å². The Bertz CT molecular complexity index is 599. The van der Waals surface area contributed by atoms with Crippen molar-refractivity contribution < 1.29 is 4.92 Å². The third kappa shape index (κ3) is 3.41. The lowest BCUT2D eigenvalue weighted by Crippen LogP contribution is -2.08. The van der Waals surface area contributed by atoms with Gasteiger partial charge in [-0.3, -0.25) is 14.8 Å². The molecule has 8 heteroatoms. The zero-order valence-corrected chi connectivity index (χ0v) is 11.0. The van der Waals surface area contributed by atoms with E-state index in [1.807, 2.05) is 0 Å². The van der Waals surface area contributed by atoms with Crippen molar-refractivity contribution in [1.82, 2.24) is 14.8 Å². The quantitative estimate of drug-likeness (QED) is 0.669. The molecule has 0 aliphatic heterocycles. The van der Waals surface area contributed by atoms with Crippen molar-refractivity contribution in [1.29, 1.82) is 0 Å². The van der Waals surface area contributed by atoms with Crippen molar-refractivity contribution in [2.24, 2.45) is 7.05 Å². The van der Waals surface area contributed by atoms with Gasteiger partial charge in [-0.2, -0.15) is 5.10 Å². The zero-order valence-electron chi connectivity index (χ0n) is 10.2. The molecule has 0 saturated carbocycles. The second-order valence-electron chi connectivity index (χ2n) is 3.93. The minimum absolute atomic E-state index is 0.0403. The maximum absolute atomic E-state index is 10.9. The number of hydrogen-bond donors (Lipinski definition) is 1. The topological polar surface area (TPSA) is 85.9 Å². The first kappa shape index (κ1) is 13.3. The van der Waals surface area contributed by atoms with Gasteiger partial charge in [-0.05, 0) is 12.1 Å². The summed E-state index contributed by atoms with van der Waals surface area (Å²) in [6, 6.07) is 4.52. The molecule has 1 aromatic heterocycles. The van der Waals surface area contributed by atoms with Crippen LogP contribution in [0.15, 0.2) is 24.5 Å². The van der Waals surface area contributed by atoms with Gasteiger partial charge < -0.3 is 5.32 Å². The van der Waals surface area contributed by atoms with Crippen LogP contribution in [0.1, 0.15) is 5.82 Å². The van der Waals surface area contributed by atoms with E-state index in [0.717, 1.165) is 0 Å². The maximum atomic E-state index is 10.9. The Morgan fingerprint density at radius 3 is 2.95 bits per heavy atom. The second kappa shape index (κ2) is 5.66. The molecule has 0 spiro atoms. The van der Waals surface area contributed by atoms with E-state index >= 15 is 0 Å². The average molecular weight is 282 g/mol. The molecule has 100 valence electrons. The Morgan fingerprint density at radius 2 is 2.32 bits per heavy atom. The molecule has 0 amide bonds. The molecule has 7 nitrogen and oxygen atoms in total. The fraction of sp³-hybridized carbons (Fsp3) is 0.273. The number of anilines is 1. The minimum Gasteiger partial charge on any atom is -0.379 e. The van der Waals surface area contributed by atoms with Crippen LogP contribution in [0.4, 0.5) is 11.4 Å². The van der Waals surface area contributed by atoms with Gasteiger partial charge in [0.25, 0.3) is 5.69 Å². The summed E-state index contributed by atoms with van der Waals surface area (Å²) in [5.41, 5.74) is 0.395. The third-order valence-corrected chi connectivity index (χ3v) is 2.70. The lowest BCUT2D eigenvalue weighted by molar-refractivity contribution is -0.383. The summed E-state index contributed by atoms with van der Waals surface area (Å²) in [4.78, 5) is 14.5. The largest absolute Gasteiger partial charge is 0.379 e. The number of nitro groups is 1. The number of nitro benzene ring substituents is 1. The maximum Gasteiger partial charge on any atom is 0.293 e. The second-order valence-corrected chi connectivity index (χ2v) is 4.37. The smallest absolute Gasteiger partial charge is 0.293 e. The molecule has 1 aromatic carbocycles. The fourth-order valence-corrected chi connectivity index (χ4v) is 1.78. The number of hydrogen-bond acceptors (Lipinski definition) is 5. The molecule has 19 heavy (non-hydrogen) atoms. The molecule has 2 rings (SSSR count). The molecule has 0 unspecified atom stereocenters. The SMILES string of the molecule is Cn1cnc(CCNc2ccc(Cl)cc2[N+](=O)[O-])n1. The van der Waals surface area contributed by atoms with Crippen LogP contribution in [0.3, 0.4) is 0 Å². The van der Waals surface area contributed by atoms with Crippen LogP contribution in [0.25, 0.3) is 0 Å². The molecular formula is C11H12ClN5O2. The Balaban J connectivity index is 2.01. The van der Waals surface area contributed by atoms with E-state index in [1.54, 1.807) is 30.2 Å². The van der Waals surface area contributed by atoms with Crippen LogP contribution >= 0.6 is 11.6 Å². The summed E-state index contributed by atoms with van der Waals surface area (Å²) in [6.07, 6.45) is 2.20. The average Bonchev–Trinajstić information content (AvgIpc) is 2.77. The van der Waals surface area contributed by atoms with Gasteiger partial charge in [-0.25, -0.2) is 4.98 Å². The Kier molecular flexibility index (Phi) is 3.96. The molecule has 0 saturated heterocycles. The summed E-state index contributed by atoms with van der Waals surface area (Å²) < 4.78 is 1.61. The van der Waals surface area contributed by atoms with E-state index in [-0.39, 0.29) is 5.69 Å². The highest BCUT2D eigenvalue weighted by Crippen LogP contribution is 2.27. The highest BCUT2D eigenvalue weighted by molar-refractivity contribution is 6.30. The molecule has 0 radical (unpaired) electrons. The van der Waals surface area contributed by atoms with Crippen LogP contribution in [-0.2, 0) is 13.5 Å². The summed E-state index contributed by atoms with van der Waals surface area (Å²) >= 11 is 5.74. The number of nitrogens with one attached hydrogen (secondary N) is 1. The van der Waals surface area contributed by atoms with E-state index in [2.05, 4.69) is 15.4 Å². The van der Waals surface area contributed by atoms with Crippen LogP contribution in [-0.4, -0.2) is 26.2 Å². The highest BCUT2D eigenvalue weighted by atomic mass is 35.5. The standard InChI is InChI=1S/C11H12ClN5O2/c1-16-7-14-11(15-16)4-5-13-9-3-2-8(12)6-10(9)17(18)19/h2-3,6-7,13H,4-5H2,1H3. The zero-order chi connectivity index (χ0) is 13.8. The van der Waals surface area contributed by atoms with E-state index in [0.29, 0.717) is 29.5 Å². The predicted molar refractivity (Wildman–Crippen MR) is 71.3 cm³/mol. The molecule has 1 N–H and O–H groups in total. The highest BCUT2D eigenvalue weighted by Gasteiger charge is 2.13. The molecular weight excluding hydrogens is 270 g/mol. The van der Waals surface area contributed by atoms with Crippen molar-refractivity contribution in [3.8, 4) is 0 Å². The Morgan fingerprint density at radius 1 is 1.53 bits per heavy atom. The fourth-order valence-electron chi connectivity index (χ4n) is 1.61. The van der Waals surface area contributed by atoms with Gasteiger partial charge in [0.1, 0.15) is 12.0 Å². The van der Waals surface area contributed by atoms with Crippen molar-refractivity contribution in [2.75, 3.05) is 11.9 Å². The van der Waals surface area contributed by atoms with Crippen molar-refractivity contribution in [3.05, 3.63) is 45.5 Å². The Labute approximate surface area is 114 Å². The number of aromatic nitrogens is 3. The molecule has 1 heterocycles. The van der Waals surface area contributed by atoms with Gasteiger partial charge in [0.15, 0.2) is 5.82 Å². The lowest BCUT2D eigenvalue weighted by atomic mass is 10.2. The summed E-state index contributed by atoms with van der Waals surface area (Å²) in [6.45, 7) is 0.506. The normalized spacial score (nSPS) is 10.4. The molecule has 0 fully saturated rings. The van der Waals surface area contributed by atoms with Crippen LogP contribution in [0.5, 0.6) is 0 Å². The summed E-state index contributed by atoms with van der Waals surface area (Å²) in [5, 5.41) is 18.3.